The summed E-state index contributed by atoms with van der Waals surface area (Å²) in [5.41, 5.74) is 1.14. The zero-order valence-corrected chi connectivity index (χ0v) is 9.84. The maximum atomic E-state index is 12.7. The molecule has 1 saturated heterocycles. The number of benzene rings is 1. The third-order valence-corrected chi connectivity index (χ3v) is 3.27. The van der Waals surface area contributed by atoms with Gasteiger partial charge in [0, 0.05) is 6.04 Å². The number of nitrogens with one attached hydrogen (secondary N) is 1. The molecule has 94 valence electrons. The predicted molar refractivity (Wildman–Crippen MR) is 62.5 cm³/mol. The Hall–Kier alpha value is -1.16. The van der Waals surface area contributed by atoms with E-state index in [4.69, 9.17) is 0 Å². The van der Waals surface area contributed by atoms with E-state index in [1.807, 2.05) is 0 Å². The highest BCUT2D eigenvalue weighted by Gasteiger charge is 2.19. The zero-order chi connectivity index (χ0) is 12.4. The maximum Gasteiger partial charge on any atom is 0.267 e. The normalized spacial score (nSPS) is 20.1. The van der Waals surface area contributed by atoms with Crippen LogP contribution in [0.2, 0.25) is 0 Å². The van der Waals surface area contributed by atoms with Gasteiger partial charge in [-0.1, -0.05) is 6.07 Å². The number of alkyl halides is 2. The lowest BCUT2D eigenvalue weighted by atomic mass is 9.99. The SMILES string of the molecule is Cc1cc(CC2CCCN2)cc(C(F)F)c1O. The van der Waals surface area contributed by atoms with Crippen molar-refractivity contribution in [2.45, 2.75) is 38.7 Å². The third kappa shape index (κ3) is 2.75. The average Bonchev–Trinajstić information content (AvgIpc) is 2.75. The molecule has 1 fully saturated rings. The summed E-state index contributed by atoms with van der Waals surface area (Å²) < 4.78 is 25.5. The fraction of sp³-hybridized carbons (Fsp3) is 0.538. The number of halogens is 2. The molecule has 0 spiro atoms. The molecule has 1 aromatic rings. The van der Waals surface area contributed by atoms with E-state index in [-0.39, 0.29) is 11.3 Å². The molecule has 1 aliphatic rings. The van der Waals surface area contributed by atoms with Gasteiger partial charge in [-0.2, -0.15) is 0 Å². The molecule has 1 aliphatic heterocycles. The molecule has 0 bridgehead atoms. The third-order valence-electron chi connectivity index (χ3n) is 3.27. The molecule has 1 atom stereocenters. The van der Waals surface area contributed by atoms with Gasteiger partial charge in [-0.3, -0.25) is 0 Å². The summed E-state index contributed by atoms with van der Waals surface area (Å²) in [5, 5.41) is 12.9. The highest BCUT2D eigenvalue weighted by atomic mass is 19.3. The van der Waals surface area contributed by atoms with Crippen molar-refractivity contribution in [3.63, 3.8) is 0 Å². The molecule has 0 amide bonds. The van der Waals surface area contributed by atoms with Gasteiger partial charge in [0.25, 0.3) is 6.43 Å². The van der Waals surface area contributed by atoms with E-state index in [1.54, 1.807) is 13.0 Å². The highest BCUT2D eigenvalue weighted by Crippen LogP contribution is 2.32. The van der Waals surface area contributed by atoms with Crippen molar-refractivity contribution >= 4 is 0 Å². The second-order valence-electron chi connectivity index (χ2n) is 4.65. The molecule has 4 heteroatoms. The molecule has 2 N–H and O–H groups in total. The first-order valence-electron chi connectivity index (χ1n) is 5.92. The van der Waals surface area contributed by atoms with Crippen molar-refractivity contribution in [3.8, 4) is 5.75 Å². The lowest BCUT2D eigenvalue weighted by Gasteiger charge is -2.13. The number of phenols is 1. The minimum Gasteiger partial charge on any atom is -0.507 e. The van der Waals surface area contributed by atoms with Crippen molar-refractivity contribution in [1.82, 2.24) is 5.32 Å². The van der Waals surface area contributed by atoms with Gasteiger partial charge in [0.1, 0.15) is 5.75 Å². The lowest BCUT2D eigenvalue weighted by molar-refractivity contribution is 0.147. The summed E-state index contributed by atoms with van der Waals surface area (Å²) in [7, 11) is 0. The Labute approximate surface area is 99.7 Å². The van der Waals surface area contributed by atoms with Crippen LogP contribution in [0.15, 0.2) is 12.1 Å². The van der Waals surface area contributed by atoms with Crippen molar-refractivity contribution in [1.29, 1.82) is 0 Å². The van der Waals surface area contributed by atoms with Crippen molar-refractivity contribution < 1.29 is 13.9 Å². The Morgan fingerprint density at radius 1 is 1.47 bits per heavy atom. The van der Waals surface area contributed by atoms with Crippen molar-refractivity contribution in [2.75, 3.05) is 6.54 Å². The first-order valence-corrected chi connectivity index (χ1v) is 5.92. The van der Waals surface area contributed by atoms with Gasteiger partial charge in [-0.15, -0.1) is 0 Å². The molecule has 2 rings (SSSR count). The number of hydrogen-bond donors (Lipinski definition) is 2. The average molecular weight is 241 g/mol. The molecular formula is C13H17F2NO. The number of aryl methyl sites for hydroxylation is 1. The minimum atomic E-state index is -2.62. The van der Waals surface area contributed by atoms with Crippen LogP contribution in [-0.4, -0.2) is 17.7 Å². The number of phenolic OH excluding ortho intramolecular Hbond substituents is 1. The van der Waals surface area contributed by atoms with E-state index >= 15 is 0 Å². The van der Waals surface area contributed by atoms with Crippen LogP contribution < -0.4 is 5.32 Å². The second kappa shape index (κ2) is 5.00. The maximum absolute atomic E-state index is 12.7. The highest BCUT2D eigenvalue weighted by molar-refractivity contribution is 5.44. The van der Waals surface area contributed by atoms with E-state index in [1.165, 1.54) is 6.07 Å². The molecule has 1 heterocycles. The summed E-state index contributed by atoms with van der Waals surface area (Å²) in [6.07, 6.45) is 0.360. The molecule has 2 nitrogen and oxygen atoms in total. The van der Waals surface area contributed by atoms with Crippen LogP contribution >= 0.6 is 0 Å². The van der Waals surface area contributed by atoms with Crippen molar-refractivity contribution in [2.24, 2.45) is 0 Å². The monoisotopic (exact) mass is 241 g/mol. The van der Waals surface area contributed by atoms with Gasteiger partial charge in [0.2, 0.25) is 0 Å². The molecule has 0 aromatic heterocycles. The van der Waals surface area contributed by atoms with Gasteiger partial charge in [0.05, 0.1) is 5.56 Å². The van der Waals surface area contributed by atoms with Crippen LogP contribution in [0.5, 0.6) is 5.75 Å². The summed E-state index contributed by atoms with van der Waals surface area (Å²) in [4.78, 5) is 0. The fourth-order valence-corrected chi connectivity index (χ4v) is 2.38. The molecule has 0 saturated carbocycles. The largest absolute Gasteiger partial charge is 0.507 e. The lowest BCUT2D eigenvalue weighted by Crippen LogP contribution is -2.23. The van der Waals surface area contributed by atoms with Gasteiger partial charge >= 0.3 is 0 Å². The Morgan fingerprint density at radius 3 is 2.82 bits per heavy atom. The summed E-state index contributed by atoms with van der Waals surface area (Å²) in [6.45, 7) is 2.66. The van der Waals surface area contributed by atoms with E-state index in [9.17, 15) is 13.9 Å². The van der Waals surface area contributed by atoms with E-state index in [0.717, 1.165) is 31.4 Å². The van der Waals surface area contributed by atoms with Crippen LogP contribution in [0.4, 0.5) is 8.78 Å². The Morgan fingerprint density at radius 2 is 2.24 bits per heavy atom. The van der Waals surface area contributed by atoms with E-state index < -0.39 is 6.43 Å². The zero-order valence-electron chi connectivity index (χ0n) is 9.84. The molecule has 0 radical (unpaired) electrons. The predicted octanol–water partition coefficient (Wildman–Crippen LogP) is 2.93. The van der Waals surface area contributed by atoms with Crippen LogP contribution in [0.1, 0.15) is 36.0 Å². The van der Waals surface area contributed by atoms with Crippen LogP contribution in [0.25, 0.3) is 0 Å². The second-order valence-corrected chi connectivity index (χ2v) is 4.65. The summed E-state index contributed by atoms with van der Waals surface area (Å²) >= 11 is 0. The Kier molecular flexibility index (Phi) is 3.62. The molecule has 1 aromatic carbocycles. The summed E-state index contributed by atoms with van der Waals surface area (Å²) in [6, 6.07) is 3.60. The molecule has 17 heavy (non-hydrogen) atoms. The molecule has 1 unspecified atom stereocenters. The molecule has 0 aliphatic carbocycles. The van der Waals surface area contributed by atoms with Crippen LogP contribution in [-0.2, 0) is 6.42 Å². The van der Waals surface area contributed by atoms with Crippen LogP contribution in [0, 0.1) is 6.92 Å². The van der Waals surface area contributed by atoms with Crippen LogP contribution in [0.3, 0.4) is 0 Å². The van der Waals surface area contributed by atoms with Gasteiger partial charge in [-0.05, 0) is 49.9 Å². The Bertz CT molecular complexity index is 401. The number of hydrogen-bond acceptors (Lipinski definition) is 2. The van der Waals surface area contributed by atoms with E-state index in [2.05, 4.69) is 5.32 Å². The molecular weight excluding hydrogens is 224 g/mol. The smallest absolute Gasteiger partial charge is 0.267 e. The minimum absolute atomic E-state index is 0.252. The van der Waals surface area contributed by atoms with Gasteiger partial charge < -0.3 is 10.4 Å². The Balaban J connectivity index is 2.22. The first kappa shape index (κ1) is 12.3. The topological polar surface area (TPSA) is 32.3 Å². The first-order chi connectivity index (χ1) is 8.08. The number of aromatic hydroxyl groups is 1. The fourth-order valence-electron chi connectivity index (χ4n) is 2.38. The quantitative estimate of drug-likeness (QED) is 0.852. The van der Waals surface area contributed by atoms with Gasteiger partial charge in [0.15, 0.2) is 0 Å². The number of rotatable bonds is 3. The van der Waals surface area contributed by atoms with E-state index in [0.29, 0.717) is 11.6 Å². The van der Waals surface area contributed by atoms with Gasteiger partial charge in [-0.25, -0.2) is 8.78 Å². The summed E-state index contributed by atoms with van der Waals surface area (Å²) in [5.74, 6) is -0.275. The van der Waals surface area contributed by atoms with Crippen molar-refractivity contribution in [3.05, 3.63) is 28.8 Å². The standard InChI is InChI=1S/C13H17F2NO/c1-8-5-9(6-10-3-2-4-16-10)7-11(12(8)17)13(14)15/h5,7,10,13,16-17H,2-4,6H2,1H3.